The molecule has 55 valence electrons. The second-order valence-electron chi connectivity index (χ2n) is 2.12. The Morgan fingerprint density at radius 3 is 2.00 bits per heavy atom. The molecule has 0 heterocycles. The molecule has 3 nitrogen and oxygen atoms in total. The van der Waals surface area contributed by atoms with E-state index in [-0.39, 0.29) is 25.0 Å². The lowest BCUT2D eigenvalue weighted by atomic mass is 9.96. The van der Waals surface area contributed by atoms with Gasteiger partial charge in [-0.05, 0) is 25.3 Å². The molecule has 4 N–H and O–H groups in total. The molecule has 2 unspecified atom stereocenters. The fourth-order valence-electron chi connectivity index (χ4n) is 0.565. The summed E-state index contributed by atoms with van der Waals surface area (Å²) in [6, 6.07) is 0. The average molecular weight is 132 g/mol. The van der Waals surface area contributed by atoms with E-state index in [4.69, 9.17) is 15.9 Å². The molecule has 0 aliphatic heterocycles. The van der Waals surface area contributed by atoms with E-state index in [1.807, 2.05) is 0 Å². The highest BCUT2D eigenvalue weighted by Crippen LogP contribution is 2.06. The van der Waals surface area contributed by atoms with Gasteiger partial charge < -0.3 is 15.9 Å². The second kappa shape index (κ2) is 4.73. The third-order valence-corrected chi connectivity index (χ3v) is 1.44. The van der Waals surface area contributed by atoms with E-state index in [1.165, 1.54) is 0 Å². The maximum absolute atomic E-state index is 8.60. The zero-order chi connectivity index (χ0) is 7.28. The minimum absolute atomic E-state index is 0.00519. The monoisotopic (exact) mass is 132 g/mol. The molecular formula is C6H14NO2. The minimum Gasteiger partial charge on any atom is -0.396 e. The number of nitrogens with two attached hydrogens (primary N) is 1. The van der Waals surface area contributed by atoms with Gasteiger partial charge in [-0.25, -0.2) is 0 Å². The molecule has 0 rings (SSSR count). The van der Waals surface area contributed by atoms with Crippen LogP contribution in [0.15, 0.2) is 0 Å². The second-order valence-corrected chi connectivity index (χ2v) is 2.12. The molecule has 2 atom stereocenters. The lowest BCUT2D eigenvalue weighted by Crippen LogP contribution is -2.27. The maximum atomic E-state index is 8.60. The summed E-state index contributed by atoms with van der Waals surface area (Å²) < 4.78 is 0. The van der Waals surface area contributed by atoms with E-state index in [0.717, 1.165) is 0 Å². The van der Waals surface area contributed by atoms with Crippen LogP contribution in [0.2, 0.25) is 0 Å². The molecule has 0 aromatic carbocycles. The molecule has 1 radical (unpaired) electrons. The number of aliphatic hydroxyl groups is 2. The molecule has 0 spiro atoms. The predicted molar refractivity (Wildman–Crippen MR) is 35.6 cm³/mol. The number of rotatable bonds is 4. The van der Waals surface area contributed by atoms with Gasteiger partial charge in [0.25, 0.3) is 0 Å². The van der Waals surface area contributed by atoms with Crippen LogP contribution in [-0.2, 0) is 0 Å². The quantitative estimate of drug-likeness (QED) is 0.459. The van der Waals surface area contributed by atoms with Gasteiger partial charge in [0.05, 0.1) is 0 Å². The largest absolute Gasteiger partial charge is 0.396 e. The summed E-state index contributed by atoms with van der Waals surface area (Å²) in [6.45, 7) is 3.98. The van der Waals surface area contributed by atoms with Crippen molar-refractivity contribution in [3.05, 3.63) is 6.92 Å². The summed E-state index contributed by atoms with van der Waals surface area (Å²) >= 11 is 0. The van der Waals surface area contributed by atoms with Crippen LogP contribution in [0, 0.1) is 18.8 Å². The molecule has 9 heavy (non-hydrogen) atoms. The van der Waals surface area contributed by atoms with Gasteiger partial charge in [-0.15, -0.1) is 0 Å². The summed E-state index contributed by atoms with van der Waals surface area (Å²) in [4.78, 5) is 0. The predicted octanol–water partition coefficient (Wildman–Crippen LogP) is -1.00. The van der Waals surface area contributed by atoms with Crippen molar-refractivity contribution < 1.29 is 10.2 Å². The van der Waals surface area contributed by atoms with Crippen LogP contribution in [0.1, 0.15) is 0 Å². The van der Waals surface area contributed by atoms with E-state index in [0.29, 0.717) is 6.54 Å². The van der Waals surface area contributed by atoms with Gasteiger partial charge in [0.15, 0.2) is 0 Å². The Labute approximate surface area is 55.5 Å². The van der Waals surface area contributed by atoms with E-state index >= 15 is 0 Å². The van der Waals surface area contributed by atoms with Crippen molar-refractivity contribution >= 4 is 0 Å². The molecule has 0 aliphatic carbocycles. The molecule has 0 bridgehead atoms. The van der Waals surface area contributed by atoms with Gasteiger partial charge >= 0.3 is 0 Å². The highest BCUT2D eigenvalue weighted by atomic mass is 16.3. The Morgan fingerprint density at radius 2 is 1.89 bits per heavy atom. The van der Waals surface area contributed by atoms with E-state index in [9.17, 15) is 0 Å². The van der Waals surface area contributed by atoms with Crippen LogP contribution in [0.5, 0.6) is 0 Å². The Hall–Kier alpha value is -0.120. The molecular weight excluding hydrogens is 118 g/mol. The van der Waals surface area contributed by atoms with Crippen LogP contribution >= 0.6 is 0 Å². The zero-order valence-electron chi connectivity index (χ0n) is 5.45. The van der Waals surface area contributed by atoms with Crippen molar-refractivity contribution in [2.45, 2.75) is 0 Å². The molecule has 0 saturated carbocycles. The first-order valence-electron chi connectivity index (χ1n) is 3.01. The van der Waals surface area contributed by atoms with Crippen molar-refractivity contribution in [3.8, 4) is 0 Å². The van der Waals surface area contributed by atoms with Crippen molar-refractivity contribution in [1.82, 2.24) is 0 Å². The first-order chi connectivity index (χ1) is 4.26. The third-order valence-electron chi connectivity index (χ3n) is 1.44. The summed E-state index contributed by atoms with van der Waals surface area (Å²) in [6.07, 6.45) is 0. The average Bonchev–Trinajstić information content (AvgIpc) is 1.90. The topological polar surface area (TPSA) is 66.5 Å². The fraction of sp³-hybridized carbons (Fsp3) is 0.833. The van der Waals surface area contributed by atoms with Crippen LogP contribution in [-0.4, -0.2) is 30.0 Å². The Kier molecular flexibility index (Phi) is 4.67. The van der Waals surface area contributed by atoms with Gasteiger partial charge in [-0.3, -0.25) is 0 Å². The van der Waals surface area contributed by atoms with Crippen LogP contribution in [0.25, 0.3) is 0 Å². The van der Waals surface area contributed by atoms with Gasteiger partial charge in [0, 0.05) is 13.2 Å². The van der Waals surface area contributed by atoms with Gasteiger partial charge in [-0.2, -0.15) is 0 Å². The molecule has 0 saturated heterocycles. The van der Waals surface area contributed by atoms with Crippen LogP contribution < -0.4 is 5.73 Å². The Morgan fingerprint density at radius 1 is 1.33 bits per heavy atom. The molecule has 0 aromatic rings. The SMILES string of the molecule is [CH2]C(CO)C(CN)CO. The zero-order valence-corrected chi connectivity index (χ0v) is 5.45. The lowest BCUT2D eigenvalue weighted by Gasteiger charge is -2.16. The van der Waals surface area contributed by atoms with E-state index in [1.54, 1.807) is 0 Å². The molecule has 3 heteroatoms. The highest BCUT2D eigenvalue weighted by molar-refractivity contribution is 4.70. The van der Waals surface area contributed by atoms with Gasteiger partial charge in [0.2, 0.25) is 0 Å². The first kappa shape index (κ1) is 8.88. The maximum Gasteiger partial charge on any atom is 0.0474 e. The fourth-order valence-corrected chi connectivity index (χ4v) is 0.565. The summed E-state index contributed by atoms with van der Waals surface area (Å²) in [7, 11) is 0. The number of aliphatic hydroxyl groups excluding tert-OH is 2. The molecule has 0 aliphatic rings. The van der Waals surface area contributed by atoms with E-state index < -0.39 is 0 Å². The van der Waals surface area contributed by atoms with Crippen molar-refractivity contribution in [3.63, 3.8) is 0 Å². The van der Waals surface area contributed by atoms with Gasteiger partial charge in [0.1, 0.15) is 0 Å². The summed E-state index contributed by atoms with van der Waals surface area (Å²) in [5, 5.41) is 17.1. The first-order valence-corrected chi connectivity index (χ1v) is 3.01. The lowest BCUT2D eigenvalue weighted by molar-refractivity contribution is 0.148. The normalized spacial score (nSPS) is 17.3. The summed E-state index contributed by atoms with van der Waals surface area (Å²) in [5.74, 6) is -0.199. The third kappa shape index (κ3) is 2.79. The molecule has 0 amide bonds. The molecule has 0 fully saturated rings. The van der Waals surface area contributed by atoms with Crippen molar-refractivity contribution in [2.75, 3.05) is 19.8 Å². The Balaban J connectivity index is 3.50. The molecule has 0 aromatic heterocycles. The standard InChI is InChI=1S/C6H14NO2/c1-5(3-8)6(2-7)4-9/h5-6,8-9H,1-4,7H2. The van der Waals surface area contributed by atoms with E-state index in [2.05, 4.69) is 6.92 Å². The van der Waals surface area contributed by atoms with Crippen LogP contribution in [0.3, 0.4) is 0 Å². The Bertz CT molecular complexity index is 64.1. The van der Waals surface area contributed by atoms with Gasteiger partial charge in [-0.1, -0.05) is 0 Å². The van der Waals surface area contributed by atoms with Crippen LogP contribution in [0.4, 0.5) is 0 Å². The van der Waals surface area contributed by atoms with Crippen molar-refractivity contribution in [2.24, 2.45) is 17.6 Å². The number of hydrogen-bond acceptors (Lipinski definition) is 3. The highest BCUT2D eigenvalue weighted by Gasteiger charge is 2.12. The number of hydrogen-bond donors (Lipinski definition) is 3. The van der Waals surface area contributed by atoms with Crippen molar-refractivity contribution in [1.29, 1.82) is 0 Å². The minimum atomic E-state index is -0.139. The summed E-state index contributed by atoms with van der Waals surface area (Å²) in [5.41, 5.74) is 5.25. The smallest absolute Gasteiger partial charge is 0.0474 e.